The Hall–Kier alpha value is -2.80. The van der Waals surface area contributed by atoms with E-state index < -0.39 is 0 Å². The number of imidazole rings is 1. The van der Waals surface area contributed by atoms with Crippen LogP contribution in [0.1, 0.15) is 5.56 Å². The van der Waals surface area contributed by atoms with E-state index in [2.05, 4.69) is 25.4 Å². The van der Waals surface area contributed by atoms with Crippen molar-refractivity contribution in [3.63, 3.8) is 0 Å². The van der Waals surface area contributed by atoms with Crippen LogP contribution in [0, 0.1) is 0 Å². The number of nitrogens with zero attached hydrogens (tertiary/aromatic N) is 5. The van der Waals surface area contributed by atoms with E-state index in [0.29, 0.717) is 6.54 Å². The summed E-state index contributed by atoms with van der Waals surface area (Å²) in [5, 5.41) is 8.62. The van der Waals surface area contributed by atoms with Gasteiger partial charge in [0.15, 0.2) is 0 Å². The fourth-order valence-electron chi connectivity index (χ4n) is 2.11. The summed E-state index contributed by atoms with van der Waals surface area (Å²) in [6.45, 7) is 0.694. The third kappa shape index (κ3) is 2.53. The van der Waals surface area contributed by atoms with E-state index in [1.807, 2.05) is 36.7 Å². The molecule has 0 saturated heterocycles. The van der Waals surface area contributed by atoms with Crippen LogP contribution in [0.5, 0.6) is 0 Å². The highest BCUT2D eigenvalue weighted by Gasteiger charge is 2.09. The fourth-order valence-corrected chi connectivity index (χ4v) is 2.88. The van der Waals surface area contributed by atoms with Crippen LogP contribution in [0.15, 0.2) is 55.2 Å². The van der Waals surface area contributed by atoms with Crippen molar-refractivity contribution in [2.75, 3.05) is 5.32 Å². The van der Waals surface area contributed by atoms with Gasteiger partial charge in [-0.15, -0.1) is 5.10 Å². The topological polar surface area (TPSA) is 68.0 Å². The van der Waals surface area contributed by atoms with Crippen LogP contribution in [0.4, 0.5) is 5.13 Å². The van der Waals surface area contributed by atoms with Crippen LogP contribution in [-0.4, -0.2) is 24.6 Å². The zero-order chi connectivity index (χ0) is 14.8. The average Bonchev–Trinajstić information content (AvgIpc) is 3.13. The van der Waals surface area contributed by atoms with Gasteiger partial charge in [-0.2, -0.15) is 0 Å². The van der Waals surface area contributed by atoms with Crippen LogP contribution in [0.25, 0.3) is 16.2 Å². The molecule has 0 fully saturated rings. The van der Waals surface area contributed by atoms with Crippen LogP contribution in [0.3, 0.4) is 0 Å². The quantitative estimate of drug-likeness (QED) is 0.628. The molecule has 0 bridgehead atoms. The number of rotatable bonds is 4. The van der Waals surface area contributed by atoms with Crippen LogP contribution < -0.4 is 5.32 Å². The molecule has 7 heteroatoms. The third-order valence-corrected chi connectivity index (χ3v) is 4.05. The van der Waals surface area contributed by atoms with Crippen molar-refractivity contribution in [2.24, 2.45) is 0 Å². The third-order valence-electron chi connectivity index (χ3n) is 3.17. The molecular formula is C15H12N6S. The van der Waals surface area contributed by atoms with Gasteiger partial charge in [0, 0.05) is 36.9 Å². The Balaban J connectivity index is 1.54. The number of nitrogens with one attached hydrogen (secondary N) is 1. The summed E-state index contributed by atoms with van der Waals surface area (Å²) in [4.78, 5) is 13.6. The molecule has 22 heavy (non-hydrogen) atoms. The first kappa shape index (κ1) is 12.9. The van der Waals surface area contributed by atoms with E-state index in [1.54, 1.807) is 23.1 Å². The minimum absolute atomic E-state index is 0.694. The molecule has 1 N–H and O–H groups in total. The molecular weight excluding hydrogens is 296 g/mol. The van der Waals surface area contributed by atoms with Crippen molar-refractivity contribution < 1.29 is 0 Å². The largest absolute Gasteiger partial charge is 0.356 e. The molecule has 0 spiro atoms. The normalized spacial score (nSPS) is 10.9. The molecule has 0 saturated carbocycles. The lowest BCUT2D eigenvalue weighted by Gasteiger charge is -2.00. The molecule has 0 aliphatic rings. The van der Waals surface area contributed by atoms with Gasteiger partial charge in [-0.25, -0.2) is 9.50 Å². The second-order valence-corrected chi connectivity index (χ2v) is 5.67. The molecule has 6 nitrogen and oxygen atoms in total. The summed E-state index contributed by atoms with van der Waals surface area (Å²) in [6, 6.07) is 7.84. The monoisotopic (exact) mass is 308 g/mol. The van der Waals surface area contributed by atoms with Crippen LogP contribution in [0.2, 0.25) is 0 Å². The molecule has 0 aliphatic carbocycles. The lowest BCUT2D eigenvalue weighted by atomic mass is 10.2. The molecule has 0 aromatic carbocycles. The van der Waals surface area contributed by atoms with Crippen molar-refractivity contribution in [1.29, 1.82) is 0 Å². The minimum Gasteiger partial charge on any atom is -0.356 e. The standard InChI is InChI=1S/C15H12N6S/c1-3-11(7-16-5-1)8-18-14-20-21-10-13(19-15(21)22-14)12-4-2-6-17-9-12/h1-7,9-10H,8H2,(H,18,20). The maximum absolute atomic E-state index is 4.59. The summed E-state index contributed by atoms with van der Waals surface area (Å²) in [5.74, 6) is 0. The van der Waals surface area contributed by atoms with E-state index in [0.717, 1.165) is 26.9 Å². The molecule has 0 atom stereocenters. The zero-order valence-corrected chi connectivity index (χ0v) is 12.4. The second-order valence-electron chi connectivity index (χ2n) is 4.72. The SMILES string of the molecule is c1cncc(CNc2nn3cc(-c4cccnc4)nc3s2)c1. The van der Waals surface area contributed by atoms with Gasteiger partial charge in [-0.3, -0.25) is 9.97 Å². The average molecular weight is 308 g/mol. The van der Waals surface area contributed by atoms with E-state index in [9.17, 15) is 0 Å². The molecule has 4 aromatic heterocycles. The maximum atomic E-state index is 4.59. The number of fused-ring (bicyclic) bond motifs is 1. The van der Waals surface area contributed by atoms with Gasteiger partial charge in [-0.1, -0.05) is 17.4 Å². The van der Waals surface area contributed by atoms with Crippen molar-refractivity contribution in [3.05, 3.63) is 60.8 Å². The van der Waals surface area contributed by atoms with E-state index in [-0.39, 0.29) is 0 Å². The minimum atomic E-state index is 0.694. The molecule has 108 valence electrons. The Kier molecular flexibility index (Phi) is 3.24. The van der Waals surface area contributed by atoms with Crippen LogP contribution in [-0.2, 0) is 6.54 Å². The highest BCUT2D eigenvalue weighted by atomic mass is 32.1. The highest BCUT2D eigenvalue weighted by molar-refractivity contribution is 7.20. The van der Waals surface area contributed by atoms with E-state index >= 15 is 0 Å². The second kappa shape index (κ2) is 5.53. The summed E-state index contributed by atoms with van der Waals surface area (Å²) in [6.07, 6.45) is 9.07. The molecule has 0 radical (unpaired) electrons. The Morgan fingerprint density at radius 2 is 1.95 bits per heavy atom. The zero-order valence-electron chi connectivity index (χ0n) is 11.5. The molecule has 0 unspecified atom stereocenters. The number of hydrogen-bond donors (Lipinski definition) is 1. The van der Waals surface area contributed by atoms with Gasteiger partial charge in [0.05, 0.1) is 11.9 Å². The van der Waals surface area contributed by atoms with E-state index in [4.69, 9.17) is 0 Å². The summed E-state index contributed by atoms with van der Waals surface area (Å²) >= 11 is 1.52. The van der Waals surface area contributed by atoms with Gasteiger partial charge in [0.2, 0.25) is 10.1 Å². The molecule has 0 aliphatic heterocycles. The molecule has 4 aromatic rings. The predicted octanol–water partition coefficient (Wildman–Crippen LogP) is 2.86. The summed E-state index contributed by atoms with van der Waals surface area (Å²) in [5.41, 5.74) is 2.99. The maximum Gasteiger partial charge on any atom is 0.214 e. The first-order valence-corrected chi connectivity index (χ1v) is 7.59. The van der Waals surface area contributed by atoms with E-state index in [1.165, 1.54) is 11.3 Å². The lowest BCUT2D eigenvalue weighted by Crippen LogP contribution is -1.99. The number of hydrogen-bond acceptors (Lipinski definition) is 6. The Morgan fingerprint density at radius 1 is 1.09 bits per heavy atom. The first-order chi connectivity index (χ1) is 10.9. The lowest BCUT2D eigenvalue weighted by molar-refractivity contribution is 0.960. The highest BCUT2D eigenvalue weighted by Crippen LogP contribution is 2.24. The molecule has 4 rings (SSSR count). The molecule has 4 heterocycles. The van der Waals surface area contributed by atoms with Crippen molar-refractivity contribution >= 4 is 21.4 Å². The van der Waals surface area contributed by atoms with Crippen LogP contribution >= 0.6 is 11.3 Å². The van der Waals surface area contributed by atoms with Crippen molar-refractivity contribution in [1.82, 2.24) is 24.6 Å². The number of aromatic nitrogens is 5. The van der Waals surface area contributed by atoms with Gasteiger partial charge >= 0.3 is 0 Å². The van der Waals surface area contributed by atoms with Gasteiger partial charge in [0.1, 0.15) is 0 Å². The van der Waals surface area contributed by atoms with Crippen molar-refractivity contribution in [3.8, 4) is 11.3 Å². The van der Waals surface area contributed by atoms with Gasteiger partial charge in [0.25, 0.3) is 0 Å². The smallest absolute Gasteiger partial charge is 0.214 e. The Labute approximate surface area is 130 Å². The van der Waals surface area contributed by atoms with Crippen molar-refractivity contribution in [2.45, 2.75) is 6.54 Å². The number of pyridine rings is 2. The predicted molar refractivity (Wildman–Crippen MR) is 85.7 cm³/mol. The first-order valence-electron chi connectivity index (χ1n) is 6.78. The fraction of sp³-hybridized carbons (Fsp3) is 0.0667. The molecule has 0 amide bonds. The summed E-state index contributed by atoms with van der Waals surface area (Å²) in [7, 11) is 0. The number of anilines is 1. The van der Waals surface area contributed by atoms with Gasteiger partial charge in [-0.05, 0) is 23.8 Å². The summed E-state index contributed by atoms with van der Waals surface area (Å²) < 4.78 is 1.79. The Bertz CT molecular complexity index is 853. The van der Waals surface area contributed by atoms with Gasteiger partial charge < -0.3 is 5.32 Å². The Morgan fingerprint density at radius 3 is 2.68 bits per heavy atom.